The lowest BCUT2D eigenvalue weighted by Gasteiger charge is -2.28. The molecule has 0 bridgehead atoms. The number of carbonyl (C=O) groups excluding carboxylic acids is 3. The fraction of sp³-hybridized carbons (Fsp3) is 0.206. The number of imide groups is 2. The first-order valence-corrected chi connectivity index (χ1v) is 14.1. The molecular formula is C34H32N2O7. The Morgan fingerprint density at radius 3 is 2.19 bits per heavy atom. The molecule has 0 unspecified atom stereocenters. The quantitative estimate of drug-likeness (QED) is 0.164. The summed E-state index contributed by atoms with van der Waals surface area (Å²) in [5, 5.41) is 4.53. The first kappa shape index (κ1) is 29.2. The molecule has 4 amide bonds. The van der Waals surface area contributed by atoms with Gasteiger partial charge in [-0.15, -0.1) is 0 Å². The molecule has 0 spiro atoms. The number of ether oxygens (including phenoxy) is 4. The van der Waals surface area contributed by atoms with Crippen molar-refractivity contribution in [3.63, 3.8) is 0 Å². The maximum absolute atomic E-state index is 13.6. The number of nitrogens with one attached hydrogen (secondary N) is 1. The Balaban J connectivity index is 1.42. The number of fused-ring (bicyclic) bond motifs is 1. The number of anilines is 1. The molecule has 0 aromatic heterocycles. The van der Waals surface area contributed by atoms with Crippen molar-refractivity contribution < 1.29 is 33.3 Å². The van der Waals surface area contributed by atoms with E-state index in [1.54, 1.807) is 37.3 Å². The minimum absolute atomic E-state index is 0.168. The fourth-order valence-electron chi connectivity index (χ4n) is 4.74. The zero-order chi connectivity index (χ0) is 30.3. The van der Waals surface area contributed by atoms with Gasteiger partial charge >= 0.3 is 6.03 Å². The van der Waals surface area contributed by atoms with E-state index in [0.717, 1.165) is 21.2 Å². The molecule has 1 aliphatic heterocycles. The Morgan fingerprint density at radius 2 is 1.42 bits per heavy atom. The highest BCUT2D eigenvalue weighted by Crippen LogP contribution is 2.36. The van der Waals surface area contributed by atoms with Crippen LogP contribution in [0, 0.1) is 0 Å². The Labute approximate surface area is 249 Å². The van der Waals surface area contributed by atoms with Crippen molar-refractivity contribution >= 4 is 40.4 Å². The Morgan fingerprint density at radius 1 is 0.698 bits per heavy atom. The van der Waals surface area contributed by atoms with Gasteiger partial charge in [0.25, 0.3) is 11.8 Å². The van der Waals surface area contributed by atoms with Gasteiger partial charge in [-0.2, -0.15) is 0 Å². The van der Waals surface area contributed by atoms with Gasteiger partial charge in [-0.3, -0.25) is 14.9 Å². The normalized spacial score (nSPS) is 14.2. The van der Waals surface area contributed by atoms with E-state index in [1.165, 1.54) is 12.1 Å². The second kappa shape index (κ2) is 13.1. The molecule has 1 saturated heterocycles. The molecule has 4 aromatic rings. The molecule has 1 fully saturated rings. The van der Waals surface area contributed by atoms with Crippen LogP contribution in [0.15, 0.2) is 84.4 Å². The first-order valence-electron chi connectivity index (χ1n) is 14.1. The summed E-state index contributed by atoms with van der Waals surface area (Å²) >= 11 is 0. The molecule has 9 nitrogen and oxygen atoms in total. The molecule has 220 valence electrons. The number of hydrogen-bond donors (Lipinski definition) is 1. The summed E-state index contributed by atoms with van der Waals surface area (Å²) in [6.45, 7) is 6.87. The average Bonchev–Trinajstić information content (AvgIpc) is 3.00. The van der Waals surface area contributed by atoms with Gasteiger partial charge in [0, 0.05) is 6.07 Å². The molecule has 0 radical (unpaired) electrons. The third-order valence-electron chi connectivity index (χ3n) is 6.67. The minimum atomic E-state index is -0.880. The standard InChI is InChI=1S/C34H32N2O7/c1-4-40-26-14-16-29(41-5-2)28(20-26)36-33(38)27(32(37)35-34(36)39)18-22-12-15-30(31(19-22)42-6-3)43-21-23-11-13-24-9-7-8-10-25(24)17-23/h7-20H,4-6,21H2,1-3H3,(H,35,37,39)/b27-18+. The molecule has 0 aliphatic carbocycles. The number of amides is 4. The molecule has 1 heterocycles. The molecule has 4 aromatic carbocycles. The van der Waals surface area contributed by atoms with E-state index >= 15 is 0 Å². The number of nitrogens with zero attached hydrogens (tertiary/aromatic N) is 1. The van der Waals surface area contributed by atoms with Crippen LogP contribution in [-0.4, -0.2) is 37.7 Å². The maximum atomic E-state index is 13.6. The first-order chi connectivity index (χ1) is 20.9. The number of rotatable bonds is 11. The third kappa shape index (κ3) is 6.46. The van der Waals surface area contributed by atoms with Crippen LogP contribution in [0.2, 0.25) is 0 Å². The van der Waals surface area contributed by atoms with E-state index in [4.69, 9.17) is 18.9 Å². The summed E-state index contributed by atoms with van der Waals surface area (Å²) in [6.07, 6.45) is 1.42. The van der Waals surface area contributed by atoms with Crippen molar-refractivity contribution in [1.82, 2.24) is 5.32 Å². The van der Waals surface area contributed by atoms with Crippen molar-refractivity contribution in [1.29, 1.82) is 0 Å². The van der Waals surface area contributed by atoms with Crippen LogP contribution in [0.4, 0.5) is 10.5 Å². The van der Waals surface area contributed by atoms with Crippen LogP contribution >= 0.6 is 0 Å². The highest BCUT2D eigenvalue weighted by Gasteiger charge is 2.38. The molecule has 5 rings (SSSR count). The SMILES string of the molecule is CCOc1ccc(OCC)c(N2C(=O)NC(=O)/C(=C\c3ccc(OCc4ccc5ccccc5c4)c(OCC)c3)C2=O)c1. The maximum Gasteiger partial charge on any atom is 0.336 e. The molecule has 1 aliphatic rings. The molecule has 43 heavy (non-hydrogen) atoms. The van der Waals surface area contributed by atoms with Crippen LogP contribution in [0.3, 0.4) is 0 Å². The summed E-state index contributed by atoms with van der Waals surface area (Å²) < 4.78 is 23.2. The van der Waals surface area contributed by atoms with Crippen LogP contribution in [0.1, 0.15) is 31.9 Å². The van der Waals surface area contributed by atoms with Gasteiger partial charge in [-0.05, 0) is 79.1 Å². The van der Waals surface area contributed by atoms with Crippen molar-refractivity contribution in [2.24, 2.45) is 0 Å². The van der Waals surface area contributed by atoms with Crippen LogP contribution in [0.25, 0.3) is 16.8 Å². The van der Waals surface area contributed by atoms with Gasteiger partial charge in [0.1, 0.15) is 23.7 Å². The average molecular weight is 581 g/mol. The zero-order valence-corrected chi connectivity index (χ0v) is 24.2. The zero-order valence-electron chi connectivity index (χ0n) is 24.2. The van der Waals surface area contributed by atoms with Crippen molar-refractivity contribution in [2.75, 3.05) is 24.7 Å². The number of benzene rings is 4. The van der Waals surface area contributed by atoms with E-state index < -0.39 is 17.8 Å². The van der Waals surface area contributed by atoms with Gasteiger partial charge in [0.15, 0.2) is 11.5 Å². The summed E-state index contributed by atoms with van der Waals surface area (Å²) in [6, 6.07) is 23.4. The molecule has 0 atom stereocenters. The van der Waals surface area contributed by atoms with E-state index in [0.29, 0.717) is 55.0 Å². The predicted molar refractivity (Wildman–Crippen MR) is 164 cm³/mol. The van der Waals surface area contributed by atoms with Gasteiger partial charge in [0.05, 0.1) is 25.5 Å². The Hall–Kier alpha value is -5.31. The lowest BCUT2D eigenvalue weighted by Crippen LogP contribution is -2.54. The summed E-state index contributed by atoms with van der Waals surface area (Å²) in [4.78, 5) is 40.3. The number of urea groups is 1. The van der Waals surface area contributed by atoms with E-state index in [-0.39, 0.29) is 11.3 Å². The largest absolute Gasteiger partial charge is 0.494 e. The van der Waals surface area contributed by atoms with E-state index in [9.17, 15) is 14.4 Å². The van der Waals surface area contributed by atoms with Crippen LogP contribution in [-0.2, 0) is 16.2 Å². The van der Waals surface area contributed by atoms with Crippen molar-refractivity contribution in [2.45, 2.75) is 27.4 Å². The fourth-order valence-corrected chi connectivity index (χ4v) is 4.74. The second-order valence-corrected chi connectivity index (χ2v) is 9.56. The molecule has 0 saturated carbocycles. The molecule has 9 heteroatoms. The predicted octanol–water partition coefficient (Wildman–Crippen LogP) is 6.28. The third-order valence-corrected chi connectivity index (χ3v) is 6.67. The van der Waals surface area contributed by atoms with Crippen LogP contribution in [0.5, 0.6) is 23.0 Å². The van der Waals surface area contributed by atoms with Gasteiger partial charge < -0.3 is 18.9 Å². The monoisotopic (exact) mass is 580 g/mol. The lowest BCUT2D eigenvalue weighted by atomic mass is 10.1. The smallest absolute Gasteiger partial charge is 0.336 e. The minimum Gasteiger partial charge on any atom is -0.494 e. The Kier molecular flexibility index (Phi) is 8.90. The van der Waals surface area contributed by atoms with Crippen molar-refractivity contribution in [3.8, 4) is 23.0 Å². The summed E-state index contributed by atoms with van der Waals surface area (Å²) in [5.41, 5.74) is 1.46. The van der Waals surface area contributed by atoms with E-state index in [2.05, 4.69) is 29.6 Å². The summed E-state index contributed by atoms with van der Waals surface area (Å²) in [7, 11) is 0. The number of carbonyl (C=O) groups is 3. The summed E-state index contributed by atoms with van der Waals surface area (Å²) in [5.74, 6) is 0.122. The van der Waals surface area contributed by atoms with Crippen LogP contribution < -0.4 is 29.2 Å². The van der Waals surface area contributed by atoms with Crippen molar-refractivity contribution in [3.05, 3.63) is 95.6 Å². The highest BCUT2D eigenvalue weighted by molar-refractivity contribution is 6.39. The Bertz CT molecular complexity index is 1710. The van der Waals surface area contributed by atoms with Gasteiger partial charge in [-0.25, -0.2) is 9.69 Å². The lowest BCUT2D eigenvalue weighted by molar-refractivity contribution is -0.122. The van der Waals surface area contributed by atoms with Gasteiger partial charge in [-0.1, -0.05) is 42.5 Å². The second-order valence-electron chi connectivity index (χ2n) is 9.56. The topological polar surface area (TPSA) is 103 Å². The highest BCUT2D eigenvalue weighted by atomic mass is 16.5. The number of barbiturate groups is 1. The number of hydrogen-bond acceptors (Lipinski definition) is 7. The molecular weight excluding hydrogens is 548 g/mol. The van der Waals surface area contributed by atoms with E-state index in [1.807, 2.05) is 32.0 Å². The van der Waals surface area contributed by atoms with Gasteiger partial charge in [0.2, 0.25) is 0 Å². The molecule has 1 N–H and O–H groups in total.